The summed E-state index contributed by atoms with van der Waals surface area (Å²) >= 11 is 0. The van der Waals surface area contributed by atoms with Gasteiger partial charge in [0.25, 0.3) is 0 Å². The Kier molecular flexibility index (Phi) is 9.56. The number of nitrogens with zero attached hydrogens (tertiary/aromatic N) is 3. The van der Waals surface area contributed by atoms with Crippen LogP contribution in [0.25, 0.3) is 50.8 Å². The van der Waals surface area contributed by atoms with E-state index >= 15 is 0 Å². The van der Waals surface area contributed by atoms with Gasteiger partial charge in [0.15, 0.2) is 0 Å². The molecule has 230 valence electrons. The molecule has 45 heavy (non-hydrogen) atoms. The van der Waals surface area contributed by atoms with E-state index in [1.807, 2.05) is 48.5 Å². The number of phenolic OH excluding ortho intramolecular Hbond substituents is 1. The van der Waals surface area contributed by atoms with E-state index in [0.29, 0.717) is 23.1 Å². The molecular weight excluding hydrogens is 734 g/mol. The Hall–Kier alpha value is -4.27. The molecule has 6 aromatic rings. The van der Waals surface area contributed by atoms with Gasteiger partial charge in [0.05, 0.1) is 17.2 Å². The van der Waals surface area contributed by atoms with E-state index in [4.69, 9.17) is 9.97 Å². The molecule has 0 saturated carbocycles. The Morgan fingerprint density at radius 2 is 1.20 bits per heavy atom. The monoisotopic (exact) mass is 771 g/mol. The fourth-order valence-electron chi connectivity index (χ4n) is 6.04. The molecule has 6 rings (SSSR count). The van der Waals surface area contributed by atoms with Crippen LogP contribution < -0.4 is 0 Å². The van der Waals surface area contributed by atoms with Crippen LogP contribution in [0.2, 0.25) is 0 Å². The van der Waals surface area contributed by atoms with Gasteiger partial charge in [0, 0.05) is 49.8 Å². The maximum absolute atomic E-state index is 10.5. The molecule has 0 amide bonds. The van der Waals surface area contributed by atoms with Crippen LogP contribution in [0.15, 0.2) is 103 Å². The SMILES string of the molecule is Cc1cccc(C)c1-c1cn(-c2c(C(C)C)cccc2C(C)C)c(-c2[c-]c(-c3cccc(-c4ccccc4O)n3)ccc2)n1.[Pt]. The van der Waals surface area contributed by atoms with Gasteiger partial charge in [0.1, 0.15) is 5.75 Å². The molecule has 2 heterocycles. The smallest absolute Gasteiger partial charge is 0.124 e. The zero-order valence-electron chi connectivity index (χ0n) is 26.6. The van der Waals surface area contributed by atoms with E-state index < -0.39 is 0 Å². The van der Waals surface area contributed by atoms with Gasteiger partial charge in [0.2, 0.25) is 0 Å². The van der Waals surface area contributed by atoms with Gasteiger partial charge >= 0.3 is 0 Å². The van der Waals surface area contributed by atoms with E-state index in [-0.39, 0.29) is 26.8 Å². The van der Waals surface area contributed by atoms with Gasteiger partial charge < -0.3 is 9.67 Å². The van der Waals surface area contributed by atoms with Crippen LogP contribution in [0.1, 0.15) is 61.8 Å². The van der Waals surface area contributed by atoms with Crippen LogP contribution in [0.4, 0.5) is 0 Å². The summed E-state index contributed by atoms with van der Waals surface area (Å²) in [5.41, 5.74) is 12.2. The first-order valence-electron chi connectivity index (χ1n) is 15.3. The molecule has 0 spiro atoms. The van der Waals surface area contributed by atoms with E-state index in [1.165, 1.54) is 27.9 Å². The van der Waals surface area contributed by atoms with Gasteiger partial charge in [-0.05, 0) is 66.1 Å². The van der Waals surface area contributed by atoms with Crippen molar-refractivity contribution in [1.29, 1.82) is 0 Å². The molecule has 0 aliphatic heterocycles. The normalized spacial score (nSPS) is 11.2. The number of hydrogen-bond donors (Lipinski definition) is 1. The number of hydrogen-bond acceptors (Lipinski definition) is 3. The zero-order chi connectivity index (χ0) is 31.0. The fourth-order valence-corrected chi connectivity index (χ4v) is 6.04. The molecule has 5 heteroatoms. The predicted octanol–water partition coefficient (Wildman–Crippen LogP) is 10.3. The first kappa shape index (κ1) is 32.1. The van der Waals surface area contributed by atoms with Crippen molar-refractivity contribution in [2.45, 2.75) is 53.4 Å². The Labute approximate surface area is 281 Å². The summed E-state index contributed by atoms with van der Waals surface area (Å²) in [4.78, 5) is 10.3. The Bertz CT molecular complexity index is 1920. The minimum atomic E-state index is 0. The summed E-state index contributed by atoms with van der Waals surface area (Å²) < 4.78 is 2.29. The molecule has 0 fully saturated rings. The number of phenols is 1. The molecule has 4 nitrogen and oxygen atoms in total. The largest absolute Gasteiger partial charge is 0.507 e. The molecule has 0 radical (unpaired) electrons. The Balaban J connectivity index is 0.00000400. The summed E-state index contributed by atoms with van der Waals surface area (Å²) in [5.74, 6) is 1.72. The van der Waals surface area contributed by atoms with E-state index in [0.717, 1.165) is 33.9 Å². The Morgan fingerprint density at radius 3 is 1.87 bits per heavy atom. The van der Waals surface area contributed by atoms with Gasteiger partial charge in [-0.25, -0.2) is 0 Å². The number of benzene rings is 4. The fraction of sp³-hybridized carbons (Fsp3) is 0.200. The minimum Gasteiger partial charge on any atom is -0.507 e. The van der Waals surface area contributed by atoms with Crippen molar-refractivity contribution in [3.63, 3.8) is 0 Å². The molecule has 0 aliphatic carbocycles. The van der Waals surface area contributed by atoms with Crippen LogP contribution >= 0.6 is 0 Å². The van der Waals surface area contributed by atoms with Crippen LogP contribution in [0.5, 0.6) is 5.75 Å². The van der Waals surface area contributed by atoms with Crippen LogP contribution in [-0.4, -0.2) is 19.6 Å². The van der Waals surface area contributed by atoms with Crippen molar-refractivity contribution in [3.8, 4) is 56.6 Å². The number of aryl methyl sites for hydroxylation is 2. The van der Waals surface area contributed by atoms with Crippen LogP contribution in [-0.2, 0) is 21.1 Å². The van der Waals surface area contributed by atoms with Gasteiger partial charge in [-0.3, -0.25) is 9.97 Å². The molecule has 0 bridgehead atoms. The number of aromatic nitrogens is 3. The second kappa shape index (κ2) is 13.4. The molecule has 0 atom stereocenters. The maximum atomic E-state index is 10.5. The minimum absolute atomic E-state index is 0. The third-order valence-corrected chi connectivity index (χ3v) is 8.27. The van der Waals surface area contributed by atoms with Crippen molar-refractivity contribution in [1.82, 2.24) is 14.5 Å². The number of pyridine rings is 1. The average molecular weight is 772 g/mol. The van der Waals surface area contributed by atoms with E-state index in [1.54, 1.807) is 6.07 Å². The molecule has 0 saturated heterocycles. The number of para-hydroxylation sites is 2. The standard InChI is InChI=1S/C40H38N3O.Pt/c1-25(2)31-18-11-19-32(26(3)4)39(31)43-24-36(38-27(5)13-9-14-28(38)6)42-40(43)30-16-10-15-29(23-30)34-20-12-21-35(41-34)33-17-7-8-22-37(33)44;/h7-22,24-26,44H,1-6H3;/q-1;. The summed E-state index contributed by atoms with van der Waals surface area (Å²) in [6.45, 7) is 13.3. The molecular formula is C40H38N3OPt-. The van der Waals surface area contributed by atoms with Crippen LogP contribution in [0, 0.1) is 19.9 Å². The number of imidazole rings is 1. The third kappa shape index (κ3) is 6.30. The number of rotatable bonds is 7. The molecule has 2 aromatic heterocycles. The van der Waals surface area contributed by atoms with Crippen molar-refractivity contribution in [3.05, 3.63) is 132 Å². The summed E-state index contributed by atoms with van der Waals surface area (Å²) in [7, 11) is 0. The quantitative estimate of drug-likeness (QED) is 0.165. The van der Waals surface area contributed by atoms with Crippen LogP contribution in [0.3, 0.4) is 0 Å². The zero-order valence-corrected chi connectivity index (χ0v) is 28.8. The first-order valence-corrected chi connectivity index (χ1v) is 15.3. The van der Waals surface area contributed by atoms with Crippen molar-refractivity contribution in [2.75, 3.05) is 0 Å². The first-order chi connectivity index (χ1) is 21.2. The molecule has 0 aliphatic rings. The summed E-state index contributed by atoms with van der Waals surface area (Å²) in [6, 6.07) is 36.0. The molecule has 0 unspecified atom stereocenters. The predicted molar refractivity (Wildman–Crippen MR) is 181 cm³/mol. The average Bonchev–Trinajstić information content (AvgIpc) is 3.45. The molecule has 4 aromatic carbocycles. The van der Waals surface area contributed by atoms with Crippen molar-refractivity contribution < 1.29 is 26.2 Å². The van der Waals surface area contributed by atoms with Gasteiger partial charge in [-0.15, -0.1) is 24.3 Å². The topological polar surface area (TPSA) is 50.9 Å². The summed E-state index contributed by atoms with van der Waals surface area (Å²) in [6.07, 6.45) is 2.20. The van der Waals surface area contributed by atoms with Gasteiger partial charge in [-0.1, -0.05) is 99.5 Å². The third-order valence-electron chi connectivity index (χ3n) is 8.27. The Morgan fingerprint density at radius 1 is 0.622 bits per heavy atom. The van der Waals surface area contributed by atoms with Gasteiger partial charge in [-0.2, -0.15) is 0 Å². The second-order valence-corrected chi connectivity index (χ2v) is 12.1. The van der Waals surface area contributed by atoms with E-state index in [9.17, 15) is 5.11 Å². The van der Waals surface area contributed by atoms with Crippen molar-refractivity contribution in [2.24, 2.45) is 0 Å². The molecule has 1 N–H and O–H groups in total. The van der Waals surface area contributed by atoms with Crippen molar-refractivity contribution >= 4 is 0 Å². The second-order valence-electron chi connectivity index (χ2n) is 12.1. The van der Waals surface area contributed by atoms with E-state index in [2.05, 4.69) is 101 Å². The summed E-state index contributed by atoms with van der Waals surface area (Å²) in [5, 5.41) is 10.5. The number of aromatic hydroxyl groups is 1. The maximum Gasteiger partial charge on any atom is 0.124 e.